The van der Waals surface area contributed by atoms with Gasteiger partial charge in [-0.15, -0.1) is 0 Å². The first-order valence-corrected chi connectivity index (χ1v) is 14.5. The molecule has 3 aromatic rings. The average Bonchev–Trinajstić information content (AvgIpc) is 3.55. The zero-order valence-electron chi connectivity index (χ0n) is 22.5. The van der Waals surface area contributed by atoms with E-state index >= 15 is 0 Å². The molecule has 40 heavy (non-hydrogen) atoms. The third-order valence-electron chi connectivity index (χ3n) is 7.83. The molecule has 0 amide bonds. The fourth-order valence-corrected chi connectivity index (χ4v) is 8.21. The van der Waals surface area contributed by atoms with Gasteiger partial charge in [0.1, 0.15) is 18.0 Å². The van der Waals surface area contributed by atoms with Crippen LogP contribution in [-0.4, -0.2) is 35.9 Å². The Balaban J connectivity index is 0.000000161. The zero-order chi connectivity index (χ0) is 28.6. The van der Waals surface area contributed by atoms with Gasteiger partial charge in [0.05, 0.1) is 16.8 Å². The first-order valence-electron chi connectivity index (χ1n) is 13.3. The van der Waals surface area contributed by atoms with Crippen LogP contribution in [0.4, 0.5) is 8.78 Å². The van der Waals surface area contributed by atoms with Crippen molar-refractivity contribution in [3.8, 4) is 0 Å². The molecule has 1 saturated heterocycles. The molecule has 0 aromatic heterocycles. The molecule has 2 bridgehead atoms. The van der Waals surface area contributed by atoms with Crippen LogP contribution in [0.3, 0.4) is 0 Å². The van der Waals surface area contributed by atoms with E-state index in [1.165, 1.54) is 27.2 Å². The van der Waals surface area contributed by atoms with Gasteiger partial charge < -0.3 is 9.47 Å². The number of ether oxygens (including phenoxy) is 2. The first-order chi connectivity index (χ1) is 19.1. The monoisotopic (exact) mass is 565 g/mol. The maximum atomic E-state index is 12.9. The lowest BCUT2D eigenvalue weighted by molar-refractivity contribution is -0.184. The van der Waals surface area contributed by atoms with Crippen molar-refractivity contribution in [3.63, 3.8) is 0 Å². The number of Topliss-reactive ketones (excluding diaryl/α,β-unsaturated/α-hetero) is 1. The molecular weight excluding hydrogens is 534 g/mol. The number of alkyl halides is 2. The Labute approximate surface area is 235 Å². The maximum Gasteiger partial charge on any atom is 0.377 e. The molecule has 0 N–H and O–H groups in total. The molecule has 6 rings (SSSR count). The molecule has 1 aliphatic heterocycles. The SMILES string of the molecule is CC(=O)C1C2CC3C(OC(=O)C31)C2OC(=O)C(C)(F)F.Cc1ccc([S+](c2ccccc2)c2ccccc2)cc1. The van der Waals surface area contributed by atoms with Gasteiger partial charge in [0.2, 0.25) is 0 Å². The van der Waals surface area contributed by atoms with Crippen molar-refractivity contribution in [1.82, 2.24) is 0 Å². The summed E-state index contributed by atoms with van der Waals surface area (Å²) in [5, 5.41) is 0. The molecule has 2 aliphatic carbocycles. The molecule has 8 heteroatoms. The fourth-order valence-electron chi connectivity index (χ4n) is 6.12. The van der Waals surface area contributed by atoms with E-state index in [1.807, 2.05) is 0 Å². The lowest BCUT2D eigenvalue weighted by atomic mass is 9.76. The molecule has 3 aliphatic rings. The van der Waals surface area contributed by atoms with Crippen molar-refractivity contribution < 1.29 is 32.6 Å². The molecule has 6 atom stereocenters. The third-order valence-corrected chi connectivity index (χ3v) is 10.1. The van der Waals surface area contributed by atoms with Crippen LogP contribution in [0.2, 0.25) is 0 Å². The summed E-state index contributed by atoms with van der Waals surface area (Å²) >= 11 is 0. The predicted octanol–water partition coefficient (Wildman–Crippen LogP) is 6.04. The normalized spacial score (nSPS) is 26.2. The average molecular weight is 566 g/mol. The molecular formula is C32H31F2O5S+. The number of ketones is 1. The number of esters is 2. The van der Waals surface area contributed by atoms with E-state index in [4.69, 9.17) is 9.47 Å². The van der Waals surface area contributed by atoms with E-state index in [1.54, 1.807) is 0 Å². The highest BCUT2D eigenvalue weighted by Crippen LogP contribution is 2.59. The summed E-state index contributed by atoms with van der Waals surface area (Å²) in [4.78, 5) is 38.9. The van der Waals surface area contributed by atoms with Gasteiger partial charge >= 0.3 is 17.9 Å². The van der Waals surface area contributed by atoms with Crippen LogP contribution in [0, 0.1) is 30.6 Å². The molecule has 0 spiro atoms. The van der Waals surface area contributed by atoms with Gasteiger partial charge in [0, 0.05) is 24.7 Å². The minimum atomic E-state index is -3.60. The summed E-state index contributed by atoms with van der Waals surface area (Å²) in [5.74, 6) is -7.61. The lowest BCUT2D eigenvalue weighted by Crippen LogP contribution is -2.44. The number of halogens is 2. The maximum absolute atomic E-state index is 12.9. The number of hydrogen-bond donors (Lipinski definition) is 0. The van der Waals surface area contributed by atoms with E-state index in [0.717, 1.165) is 0 Å². The van der Waals surface area contributed by atoms with Gasteiger partial charge in [0.25, 0.3) is 0 Å². The molecule has 6 unspecified atom stereocenters. The van der Waals surface area contributed by atoms with E-state index in [0.29, 0.717) is 13.3 Å². The second-order valence-corrected chi connectivity index (χ2v) is 12.7. The van der Waals surface area contributed by atoms with Crippen molar-refractivity contribution in [2.24, 2.45) is 23.7 Å². The second-order valence-electron chi connectivity index (χ2n) is 10.6. The molecule has 5 nitrogen and oxygen atoms in total. The largest absolute Gasteiger partial charge is 0.458 e. The van der Waals surface area contributed by atoms with Crippen LogP contribution in [0.25, 0.3) is 0 Å². The van der Waals surface area contributed by atoms with Crippen LogP contribution in [0.15, 0.2) is 99.6 Å². The molecule has 2 saturated carbocycles. The minimum Gasteiger partial charge on any atom is -0.458 e. The van der Waals surface area contributed by atoms with Gasteiger partial charge in [0.15, 0.2) is 14.7 Å². The third kappa shape index (κ3) is 5.42. The highest BCUT2D eigenvalue weighted by atomic mass is 32.2. The first kappa shape index (κ1) is 28.0. The van der Waals surface area contributed by atoms with Gasteiger partial charge in [-0.25, -0.2) is 4.79 Å². The molecule has 0 radical (unpaired) electrons. The van der Waals surface area contributed by atoms with Gasteiger partial charge in [-0.3, -0.25) is 9.59 Å². The smallest absolute Gasteiger partial charge is 0.377 e. The topological polar surface area (TPSA) is 69.7 Å². The fraction of sp³-hybridized carbons (Fsp3) is 0.344. The molecule has 3 fully saturated rings. The van der Waals surface area contributed by atoms with Crippen LogP contribution in [0.1, 0.15) is 25.8 Å². The number of benzene rings is 3. The Morgan fingerprint density at radius 2 is 1.40 bits per heavy atom. The van der Waals surface area contributed by atoms with E-state index in [9.17, 15) is 23.2 Å². The highest BCUT2D eigenvalue weighted by Gasteiger charge is 2.69. The number of carbonyl (C=O) groups excluding carboxylic acids is 3. The van der Waals surface area contributed by atoms with Gasteiger partial charge in [-0.05, 0) is 56.7 Å². The minimum absolute atomic E-state index is 0.0229. The zero-order valence-corrected chi connectivity index (χ0v) is 23.3. The number of aryl methyl sites for hydroxylation is 1. The Morgan fingerprint density at radius 3 is 1.90 bits per heavy atom. The number of carbonyl (C=O) groups is 3. The van der Waals surface area contributed by atoms with E-state index in [2.05, 4.69) is 91.9 Å². The van der Waals surface area contributed by atoms with Crippen molar-refractivity contribution in [2.75, 3.05) is 0 Å². The summed E-state index contributed by atoms with van der Waals surface area (Å²) in [6, 6.07) is 30.4. The Bertz CT molecular complexity index is 1330. The number of hydrogen-bond acceptors (Lipinski definition) is 5. The van der Waals surface area contributed by atoms with Crippen LogP contribution >= 0.6 is 0 Å². The lowest BCUT2D eigenvalue weighted by Gasteiger charge is -2.30. The summed E-state index contributed by atoms with van der Waals surface area (Å²) in [6.07, 6.45) is -1.12. The number of fused-ring (bicyclic) bond motifs is 1. The highest BCUT2D eigenvalue weighted by molar-refractivity contribution is 7.97. The molecule has 1 heterocycles. The van der Waals surface area contributed by atoms with E-state index in [-0.39, 0.29) is 22.6 Å². The Hall–Kier alpha value is -3.52. The van der Waals surface area contributed by atoms with Crippen molar-refractivity contribution in [3.05, 3.63) is 90.5 Å². The summed E-state index contributed by atoms with van der Waals surface area (Å²) in [7, 11) is -0.0229. The summed E-state index contributed by atoms with van der Waals surface area (Å²) in [6.45, 7) is 3.95. The standard InChI is InChI=1S/C19H17S.C13H14F2O5/c1-16-12-14-19(15-13-16)20(17-8-4-2-5-9-17)18-10-6-3-7-11-18;1-4(16)7-5-3-6-8(7)11(17)19-9(6)10(5)20-12(18)13(2,14)15/h2-15H,1H3;5-10H,3H2,1-2H3/q+1;. The van der Waals surface area contributed by atoms with Gasteiger partial charge in [-0.2, -0.15) is 8.78 Å². The predicted molar refractivity (Wildman–Crippen MR) is 146 cm³/mol. The van der Waals surface area contributed by atoms with Crippen molar-refractivity contribution >= 4 is 28.6 Å². The van der Waals surface area contributed by atoms with E-state index < -0.39 is 47.8 Å². The summed E-state index contributed by atoms with van der Waals surface area (Å²) < 4.78 is 35.9. The van der Waals surface area contributed by atoms with Crippen LogP contribution in [-0.2, 0) is 34.8 Å². The Morgan fingerprint density at radius 1 is 0.875 bits per heavy atom. The number of rotatable bonds is 6. The molecule has 208 valence electrons. The van der Waals surface area contributed by atoms with Crippen LogP contribution in [0.5, 0.6) is 0 Å². The van der Waals surface area contributed by atoms with Gasteiger partial charge in [-0.1, -0.05) is 54.1 Å². The Kier molecular flexibility index (Phi) is 7.82. The van der Waals surface area contributed by atoms with Crippen molar-refractivity contribution in [1.29, 1.82) is 0 Å². The van der Waals surface area contributed by atoms with Crippen LogP contribution < -0.4 is 0 Å². The second kappa shape index (κ2) is 11.2. The molecule has 3 aromatic carbocycles. The van der Waals surface area contributed by atoms with Crippen molar-refractivity contribution in [2.45, 2.75) is 60.0 Å². The quantitative estimate of drug-likeness (QED) is 0.269. The summed E-state index contributed by atoms with van der Waals surface area (Å²) in [5.41, 5.74) is 1.30.